The molecule has 1 aromatic rings. The predicted octanol–water partition coefficient (Wildman–Crippen LogP) is 7.52. The summed E-state index contributed by atoms with van der Waals surface area (Å²) in [6, 6.07) is 4.92. The average molecular weight is 461 g/mol. The maximum absolute atomic E-state index is 6.76. The van der Waals surface area contributed by atoms with E-state index in [4.69, 9.17) is 9.47 Å². The van der Waals surface area contributed by atoms with Gasteiger partial charge in [0.1, 0.15) is 18.5 Å². The Morgan fingerprint density at radius 2 is 1.18 bits per heavy atom. The molecule has 8 bridgehead atoms. The zero-order chi connectivity index (χ0) is 22.7. The molecule has 0 amide bonds. The second-order valence-corrected chi connectivity index (χ2v) is 14.7. The van der Waals surface area contributed by atoms with E-state index in [0.29, 0.717) is 22.9 Å². The van der Waals surface area contributed by atoms with E-state index < -0.39 is 0 Å². The molecule has 184 valence electrons. The van der Waals surface area contributed by atoms with E-state index in [1.165, 1.54) is 82.8 Å². The molecule has 0 radical (unpaired) electrons. The first-order valence-corrected chi connectivity index (χ1v) is 14.9. The van der Waals surface area contributed by atoms with Crippen LogP contribution in [0.25, 0.3) is 0 Å². The maximum Gasteiger partial charge on any atom is 0.123 e. The van der Waals surface area contributed by atoms with Gasteiger partial charge in [-0.25, -0.2) is 0 Å². The molecule has 2 nitrogen and oxygen atoms in total. The Morgan fingerprint density at radius 1 is 0.735 bits per heavy atom. The highest BCUT2D eigenvalue weighted by molar-refractivity contribution is 5.56. The fraction of sp³-hybridized carbons (Fsp3) is 0.812. The Morgan fingerprint density at radius 3 is 1.59 bits per heavy atom. The third-order valence-corrected chi connectivity index (χ3v) is 11.8. The molecule has 8 aliphatic carbocycles. The zero-order valence-electron chi connectivity index (χ0n) is 21.5. The van der Waals surface area contributed by atoms with E-state index in [-0.39, 0.29) is 0 Å². The topological polar surface area (TPSA) is 21.8 Å². The van der Waals surface area contributed by atoms with E-state index in [2.05, 4.69) is 26.0 Å². The molecule has 9 fully saturated rings. The highest BCUT2D eigenvalue weighted by Crippen LogP contribution is 2.67. The standard InChI is InChI=1S/C32H44O2/c1-19(2)27-3-4-28(34-18-26-17-33-26)30(32-14-23-8-24(15-32)10-25(9-23)16-32)29(27)31-11-20-5-21(12-31)7-22(6-20)13-31/h3-4,19-26H,5-18H2,1-2H3. The van der Waals surface area contributed by atoms with Crippen LogP contribution in [0.1, 0.15) is 114 Å². The van der Waals surface area contributed by atoms with Gasteiger partial charge in [-0.05, 0) is 141 Å². The van der Waals surface area contributed by atoms with Gasteiger partial charge in [0.2, 0.25) is 0 Å². The molecule has 0 aromatic heterocycles. The van der Waals surface area contributed by atoms with Crippen molar-refractivity contribution < 1.29 is 9.47 Å². The van der Waals surface area contributed by atoms with Crippen molar-refractivity contribution in [3.63, 3.8) is 0 Å². The molecule has 34 heavy (non-hydrogen) atoms. The van der Waals surface area contributed by atoms with Crippen molar-refractivity contribution in [2.45, 2.75) is 114 Å². The van der Waals surface area contributed by atoms with Crippen LogP contribution >= 0.6 is 0 Å². The van der Waals surface area contributed by atoms with Crippen LogP contribution < -0.4 is 4.74 Å². The smallest absolute Gasteiger partial charge is 0.123 e. The molecule has 0 spiro atoms. The lowest BCUT2D eigenvalue weighted by Gasteiger charge is -2.61. The fourth-order valence-corrected chi connectivity index (χ4v) is 11.5. The number of benzene rings is 1. The van der Waals surface area contributed by atoms with Gasteiger partial charge < -0.3 is 9.47 Å². The Hall–Kier alpha value is -1.02. The lowest BCUT2D eigenvalue weighted by molar-refractivity contribution is -0.0188. The van der Waals surface area contributed by atoms with E-state index in [0.717, 1.165) is 48.7 Å². The van der Waals surface area contributed by atoms with E-state index in [1.807, 2.05) is 5.56 Å². The van der Waals surface area contributed by atoms with E-state index in [9.17, 15) is 0 Å². The second kappa shape index (κ2) is 7.27. The van der Waals surface area contributed by atoms with Gasteiger partial charge in [-0.3, -0.25) is 0 Å². The summed E-state index contributed by atoms with van der Waals surface area (Å²) in [5.41, 5.74) is 6.10. The Bertz CT molecular complexity index is 914. The van der Waals surface area contributed by atoms with E-state index >= 15 is 0 Å². The summed E-state index contributed by atoms with van der Waals surface area (Å²) in [6.45, 7) is 6.56. The van der Waals surface area contributed by atoms with Crippen LogP contribution in [0.3, 0.4) is 0 Å². The molecule has 8 saturated carbocycles. The van der Waals surface area contributed by atoms with Crippen LogP contribution in [-0.4, -0.2) is 19.3 Å². The Balaban J connectivity index is 1.33. The third-order valence-electron chi connectivity index (χ3n) is 11.8. The highest BCUT2D eigenvalue weighted by Gasteiger charge is 2.58. The first-order chi connectivity index (χ1) is 16.5. The minimum Gasteiger partial charge on any atom is -0.490 e. The summed E-state index contributed by atoms with van der Waals surface area (Å²) in [7, 11) is 0. The first kappa shape index (κ1) is 21.1. The fourth-order valence-electron chi connectivity index (χ4n) is 11.5. The van der Waals surface area contributed by atoms with Crippen molar-refractivity contribution in [3.8, 4) is 5.75 Å². The minimum atomic E-state index is 0.331. The van der Waals surface area contributed by atoms with Gasteiger partial charge in [-0.15, -0.1) is 0 Å². The quantitative estimate of drug-likeness (QED) is 0.409. The number of epoxide rings is 1. The average Bonchev–Trinajstić information content (AvgIpc) is 3.59. The van der Waals surface area contributed by atoms with Gasteiger partial charge in [0, 0.05) is 11.0 Å². The second-order valence-electron chi connectivity index (χ2n) is 14.7. The molecule has 9 aliphatic rings. The lowest BCUT2D eigenvalue weighted by Crippen LogP contribution is -2.53. The molecule has 2 heteroatoms. The zero-order valence-corrected chi connectivity index (χ0v) is 21.5. The van der Waals surface area contributed by atoms with Gasteiger partial charge in [0.15, 0.2) is 0 Å². The lowest BCUT2D eigenvalue weighted by atomic mass is 9.43. The van der Waals surface area contributed by atoms with Gasteiger partial charge in [0.25, 0.3) is 0 Å². The van der Waals surface area contributed by atoms with Gasteiger partial charge in [-0.1, -0.05) is 19.9 Å². The molecule has 1 atom stereocenters. The molecule has 1 unspecified atom stereocenters. The SMILES string of the molecule is CC(C)c1ccc(OCC2CO2)c(C23CC4CC(CC(C4)C2)C3)c1C12CC3CC(CC(C3)C1)C2. The van der Waals surface area contributed by atoms with Crippen molar-refractivity contribution in [1.82, 2.24) is 0 Å². The van der Waals surface area contributed by atoms with Crippen LogP contribution in [0.5, 0.6) is 5.75 Å². The molecule has 0 N–H and O–H groups in total. The van der Waals surface area contributed by atoms with Crippen LogP contribution in [0.15, 0.2) is 12.1 Å². The van der Waals surface area contributed by atoms with Crippen LogP contribution in [-0.2, 0) is 15.6 Å². The summed E-state index contributed by atoms with van der Waals surface area (Å²) >= 11 is 0. The Labute approximate surface area is 206 Å². The molecular weight excluding hydrogens is 416 g/mol. The van der Waals surface area contributed by atoms with Gasteiger partial charge in [-0.2, -0.15) is 0 Å². The van der Waals surface area contributed by atoms with Crippen molar-refractivity contribution in [2.75, 3.05) is 13.2 Å². The molecule has 10 rings (SSSR count). The van der Waals surface area contributed by atoms with Crippen molar-refractivity contribution >= 4 is 0 Å². The van der Waals surface area contributed by atoms with Crippen molar-refractivity contribution in [2.24, 2.45) is 35.5 Å². The first-order valence-electron chi connectivity index (χ1n) is 14.9. The predicted molar refractivity (Wildman–Crippen MR) is 135 cm³/mol. The molecule has 1 saturated heterocycles. The summed E-state index contributed by atoms with van der Waals surface area (Å²) in [5.74, 6) is 7.73. The van der Waals surface area contributed by atoms with Crippen LogP contribution in [0.4, 0.5) is 0 Å². The molecule has 1 aliphatic heterocycles. The number of ether oxygens (including phenoxy) is 2. The Kier molecular flexibility index (Phi) is 4.51. The number of rotatable bonds is 6. The van der Waals surface area contributed by atoms with E-state index in [1.54, 1.807) is 11.1 Å². The molecule has 1 heterocycles. The normalized spacial score (nSPS) is 47.6. The highest BCUT2D eigenvalue weighted by atomic mass is 16.6. The summed E-state index contributed by atoms with van der Waals surface area (Å²) in [6.07, 6.45) is 18.2. The third kappa shape index (κ3) is 3.15. The minimum absolute atomic E-state index is 0.331. The molecule has 1 aromatic carbocycles. The molecular formula is C32H44O2. The summed E-state index contributed by atoms with van der Waals surface area (Å²) < 4.78 is 12.4. The summed E-state index contributed by atoms with van der Waals surface area (Å²) in [5, 5.41) is 0. The maximum atomic E-state index is 6.76. The largest absolute Gasteiger partial charge is 0.490 e. The van der Waals surface area contributed by atoms with Crippen molar-refractivity contribution in [1.29, 1.82) is 0 Å². The van der Waals surface area contributed by atoms with Crippen molar-refractivity contribution in [3.05, 3.63) is 28.8 Å². The van der Waals surface area contributed by atoms with Gasteiger partial charge >= 0.3 is 0 Å². The van der Waals surface area contributed by atoms with Crippen LogP contribution in [0.2, 0.25) is 0 Å². The van der Waals surface area contributed by atoms with Gasteiger partial charge in [0.05, 0.1) is 6.61 Å². The number of hydrogen-bond donors (Lipinski definition) is 0. The monoisotopic (exact) mass is 460 g/mol. The number of hydrogen-bond acceptors (Lipinski definition) is 2. The summed E-state index contributed by atoms with van der Waals surface area (Å²) in [4.78, 5) is 0. The van der Waals surface area contributed by atoms with Crippen LogP contribution in [0, 0.1) is 35.5 Å².